The first-order valence-corrected chi connectivity index (χ1v) is 9.19. The minimum Gasteiger partial charge on any atom is -0.481 e. The topological polar surface area (TPSA) is 92.4 Å². The number of aromatic nitrogens is 1. The second-order valence-electron chi connectivity index (χ2n) is 6.93. The Bertz CT molecular complexity index is 997. The van der Waals surface area contributed by atoms with Gasteiger partial charge in [-0.1, -0.05) is 44.2 Å². The summed E-state index contributed by atoms with van der Waals surface area (Å²) in [5, 5.41) is 11.9. The fraction of sp³-hybridized carbons (Fsp3) is 0.227. The Morgan fingerprint density at radius 2 is 1.76 bits per heavy atom. The summed E-state index contributed by atoms with van der Waals surface area (Å²) in [4.78, 5) is 28.6. The number of nitrogens with one attached hydrogen (secondary N) is 1. The second kappa shape index (κ2) is 8.68. The van der Waals surface area contributed by atoms with Crippen LogP contribution < -0.4 is 5.32 Å². The van der Waals surface area contributed by atoms with Crippen molar-refractivity contribution in [1.29, 1.82) is 0 Å². The van der Waals surface area contributed by atoms with Crippen LogP contribution in [-0.2, 0) is 4.79 Å². The van der Waals surface area contributed by atoms with Crippen molar-refractivity contribution in [2.24, 2.45) is 0 Å². The minimum atomic E-state index is -1.09. The Labute approximate surface area is 167 Å². The van der Waals surface area contributed by atoms with Gasteiger partial charge in [0.2, 0.25) is 5.89 Å². The molecule has 0 aliphatic carbocycles. The molecule has 7 heteroatoms. The van der Waals surface area contributed by atoms with E-state index in [-0.39, 0.29) is 18.0 Å². The van der Waals surface area contributed by atoms with Crippen molar-refractivity contribution in [3.05, 3.63) is 77.4 Å². The summed E-state index contributed by atoms with van der Waals surface area (Å²) in [6.45, 7) is 3.75. The van der Waals surface area contributed by atoms with Crippen LogP contribution in [0.25, 0.3) is 11.5 Å². The van der Waals surface area contributed by atoms with Gasteiger partial charge in [0.25, 0.3) is 5.91 Å². The number of hydrogen-bond donors (Lipinski definition) is 2. The maximum Gasteiger partial charge on any atom is 0.305 e. The molecule has 0 saturated heterocycles. The molecular weight excluding hydrogens is 375 g/mol. The quantitative estimate of drug-likeness (QED) is 0.611. The highest BCUT2D eigenvalue weighted by atomic mass is 19.1. The second-order valence-corrected chi connectivity index (χ2v) is 6.93. The molecule has 0 fully saturated rings. The molecule has 1 atom stereocenters. The molecule has 1 heterocycles. The van der Waals surface area contributed by atoms with Crippen LogP contribution in [0.2, 0.25) is 0 Å². The van der Waals surface area contributed by atoms with E-state index in [1.807, 2.05) is 44.2 Å². The Balaban J connectivity index is 1.92. The van der Waals surface area contributed by atoms with Gasteiger partial charge in [-0.25, -0.2) is 9.37 Å². The first-order valence-electron chi connectivity index (χ1n) is 9.19. The molecule has 2 aromatic carbocycles. The van der Waals surface area contributed by atoms with Crippen molar-refractivity contribution < 1.29 is 23.5 Å². The third-order valence-electron chi connectivity index (χ3n) is 4.37. The maximum absolute atomic E-state index is 13.2. The predicted octanol–water partition coefficient (Wildman–Crippen LogP) is 4.55. The number of halogens is 1. The zero-order chi connectivity index (χ0) is 21.0. The summed E-state index contributed by atoms with van der Waals surface area (Å²) in [6, 6.07) is 13.7. The number of amides is 1. The number of hydrogen-bond acceptors (Lipinski definition) is 4. The normalized spacial score (nSPS) is 12.0. The van der Waals surface area contributed by atoms with Gasteiger partial charge in [-0.3, -0.25) is 9.59 Å². The van der Waals surface area contributed by atoms with E-state index in [9.17, 15) is 19.1 Å². The molecule has 3 rings (SSSR count). The monoisotopic (exact) mass is 396 g/mol. The minimum absolute atomic E-state index is 0.107. The van der Waals surface area contributed by atoms with Gasteiger partial charge in [0, 0.05) is 11.5 Å². The fourth-order valence-corrected chi connectivity index (χ4v) is 2.94. The standard InChI is InChI=1S/C22H21FN2O4/c1-13(2)20-19(25-22(29-20)15-6-4-3-5-7-15)21(28)24-17(12-18(26)27)14-8-10-16(23)11-9-14/h3-11,13,17H,12H2,1-2H3,(H,24,28)(H,26,27)/t17-/m0/s1. The van der Waals surface area contributed by atoms with Gasteiger partial charge < -0.3 is 14.8 Å². The van der Waals surface area contributed by atoms with E-state index in [1.54, 1.807) is 0 Å². The number of benzene rings is 2. The van der Waals surface area contributed by atoms with Crippen LogP contribution >= 0.6 is 0 Å². The molecule has 6 nitrogen and oxygen atoms in total. The molecule has 1 aromatic heterocycles. The average Bonchev–Trinajstić information content (AvgIpc) is 3.14. The molecule has 0 aliphatic heterocycles. The van der Waals surface area contributed by atoms with Crippen molar-refractivity contribution in [3.8, 4) is 11.5 Å². The van der Waals surface area contributed by atoms with Crippen molar-refractivity contribution in [3.63, 3.8) is 0 Å². The lowest BCUT2D eigenvalue weighted by Gasteiger charge is -2.17. The van der Waals surface area contributed by atoms with Crippen molar-refractivity contribution in [1.82, 2.24) is 10.3 Å². The molecule has 0 aliphatic rings. The molecule has 0 saturated carbocycles. The summed E-state index contributed by atoms with van der Waals surface area (Å²) in [5.74, 6) is -1.46. The van der Waals surface area contributed by atoms with Crippen LogP contribution in [0.1, 0.15) is 54.0 Å². The smallest absolute Gasteiger partial charge is 0.305 e. The number of carbonyl (C=O) groups is 2. The van der Waals surface area contributed by atoms with Crippen LogP contribution in [0.5, 0.6) is 0 Å². The van der Waals surface area contributed by atoms with Crippen molar-refractivity contribution >= 4 is 11.9 Å². The van der Waals surface area contributed by atoms with E-state index >= 15 is 0 Å². The van der Waals surface area contributed by atoms with Gasteiger partial charge in [0.15, 0.2) is 5.69 Å². The number of carboxylic acids is 1. The van der Waals surface area contributed by atoms with E-state index in [0.717, 1.165) is 5.56 Å². The van der Waals surface area contributed by atoms with E-state index in [2.05, 4.69) is 10.3 Å². The highest BCUT2D eigenvalue weighted by Gasteiger charge is 2.26. The van der Waals surface area contributed by atoms with Crippen LogP contribution in [0.15, 0.2) is 59.0 Å². The lowest BCUT2D eigenvalue weighted by molar-refractivity contribution is -0.137. The SMILES string of the molecule is CC(C)c1oc(-c2ccccc2)nc1C(=O)N[C@@H](CC(=O)O)c1ccc(F)cc1. The Kier molecular flexibility index (Phi) is 6.07. The number of nitrogens with zero attached hydrogens (tertiary/aromatic N) is 1. The molecule has 0 spiro atoms. The van der Waals surface area contributed by atoms with E-state index in [1.165, 1.54) is 24.3 Å². The summed E-state index contributed by atoms with van der Waals surface area (Å²) >= 11 is 0. The summed E-state index contributed by atoms with van der Waals surface area (Å²) < 4.78 is 19.0. The molecular formula is C22H21FN2O4. The van der Waals surface area contributed by atoms with Gasteiger partial charge in [-0.15, -0.1) is 0 Å². The number of rotatable bonds is 7. The van der Waals surface area contributed by atoms with Crippen LogP contribution in [0.3, 0.4) is 0 Å². The van der Waals surface area contributed by atoms with Gasteiger partial charge in [-0.2, -0.15) is 0 Å². The molecule has 0 radical (unpaired) electrons. The highest BCUT2D eigenvalue weighted by molar-refractivity contribution is 5.94. The third-order valence-corrected chi connectivity index (χ3v) is 4.37. The van der Waals surface area contributed by atoms with E-state index in [0.29, 0.717) is 17.2 Å². The zero-order valence-corrected chi connectivity index (χ0v) is 16.1. The average molecular weight is 396 g/mol. The van der Waals surface area contributed by atoms with Crippen LogP contribution in [0.4, 0.5) is 4.39 Å². The highest BCUT2D eigenvalue weighted by Crippen LogP contribution is 2.28. The summed E-state index contributed by atoms with van der Waals surface area (Å²) in [5.41, 5.74) is 1.32. The van der Waals surface area contributed by atoms with Gasteiger partial charge in [0.05, 0.1) is 12.5 Å². The zero-order valence-electron chi connectivity index (χ0n) is 16.1. The molecule has 29 heavy (non-hydrogen) atoms. The molecule has 2 N–H and O–H groups in total. The maximum atomic E-state index is 13.2. The fourth-order valence-electron chi connectivity index (χ4n) is 2.94. The molecule has 0 bridgehead atoms. The molecule has 150 valence electrons. The van der Waals surface area contributed by atoms with Gasteiger partial charge >= 0.3 is 5.97 Å². The first-order chi connectivity index (χ1) is 13.8. The lowest BCUT2D eigenvalue weighted by Crippen LogP contribution is -2.31. The van der Waals surface area contributed by atoms with Crippen LogP contribution in [-0.4, -0.2) is 22.0 Å². The molecule has 1 amide bonds. The van der Waals surface area contributed by atoms with Crippen LogP contribution in [0, 0.1) is 5.82 Å². The summed E-state index contributed by atoms with van der Waals surface area (Å²) in [7, 11) is 0. The Morgan fingerprint density at radius 1 is 1.10 bits per heavy atom. The molecule has 3 aromatic rings. The molecule has 0 unspecified atom stereocenters. The first kappa shape index (κ1) is 20.3. The third kappa shape index (κ3) is 4.87. The lowest BCUT2D eigenvalue weighted by atomic mass is 10.0. The summed E-state index contributed by atoms with van der Waals surface area (Å²) in [6.07, 6.45) is -0.349. The van der Waals surface area contributed by atoms with E-state index < -0.39 is 23.7 Å². The van der Waals surface area contributed by atoms with Gasteiger partial charge in [0.1, 0.15) is 11.6 Å². The number of aliphatic carboxylic acids is 1. The van der Waals surface area contributed by atoms with Gasteiger partial charge in [-0.05, 0) is 29.8 Å². The van der Waals surface area contributed by atoms with Crippen molar-refractivity contribution in [2.45, 2.75) is 32.2 Å². The van der Waals surface area contributed by atoms with Crippen molar-refractivity contribution in [2.75, 3.05) is 0 Å². The Hall–Kier alpha value is -3.48. The number of carbonyl (C=O) groups excluding carboxylic acids is 1. The predicted molar refractivity (Wildman–Crippen MR) is 105 cm³/mol. The van der Waals surface area contributed by atoms with E-state index in [4.69, 9.17) is 4.42 Å². The Morgan fingerprint density at radius 3 is 2.34 bits per heavy atom. The number of carboxylic acid groups (broad SMARTS) is 1. The largest absolute Gasteiger partial charge is 0.481 e. The number of oxazole rings is 1.